The summed E-state index contributed by atoms with van der Waals surface area (Å²) in [4.78, 5) is 4.98. The number of thiazole rings is 1. The van der Waals surface area contributed by atoms with Gasteiger partial charge in [-0.3, -0.25) is 0 Å². The summed E-state index contributed by atoms with van der Waals surface area (Å²) in [5, 5.41) is 0.585. The second-order valence-electron chi connectivity index (χ2n) is 3.14. The van der Waals surface area contributed by atoms with Crippen LogP contribution in [0.15, 0.2) is 6.20 Å². The zero-order chi connectivity index (χ0) is 10.4. The predicted molar refractivity (Wildman–Crippen MR) is 57.3 cm³/mol. The molecule has 80 valence electrons. The van der Waals surface area contributed by atoms with E-state index >= 15 is 0 Å². The molecule has 0 unspecified atom stereocenters. The van der Waals surface area contributed by atoms with Crippen molar-refractivity contribution in [2.24, 2.45) is 0 Å². The van der Waals surface area contributed by atoms with Crippen molar-refractivity contribution in [1.29, 1.82) is 0 Å². The molecule has 1 aromatic heterocycles. The van der Waals surface area contributed by atoms with Gasteiger partial charge < -0.3 is 15.2 Å². The van der Waals surface area contributed by atoms with E-state index in [9.17, 15) is 0 Å². The van der Waals surface area contributed by atoms with Crippen LogP contribution in [0.1, 0.15) is 18.7 Å². The maximum atomic E-state index is 5.48. The van der Waals surface area contributed by atoms with Gasteiger partial charge in [-0.05, 0) is 13.8 Å². The van der Waals surface area contributed by atoms with Gasteiger partial charge in [-0.15, -0.1) is 0 Å². The topological polar surface area (TPSA) is 57.4 Å². The lowest BCUT2D eigenvalue weighted by atomic mass is 10.5. The van der Waals surface area contributed by atoms with Crippen LogP contribution in [0.5, 0.6) is 0 Å². The Balaban J connectivity index is 2.04. The van der Waals surface area contributed by atoms with Crippen LogP contribution in [0.2, 0.25) is 0 Å². The molecule has 1 aromatic rings. The van der Waals surface area contributed by atoms with Gasteiger partial charge >= 0.3 is 0 Å². The minimum absolute atomic E-state index is 0.262. The van der Waals surface area contributed by atoms with Gasteiger partial charge in [-0.2, -0.15) is 0 Å². The predicted octanol–water partition coefficient (Wildman–Crippen LogP) is 1.67. The van der Waals surface area contributed by atoms with Crippen LogP contribution in [-0.4, -0.2) is 24.3 Å². The molecule has 0 aliphatic carbocycles. The first-order chi connectivity index (χ1) is 6.68. The van der Waals surface area contributed by atoms with Crippen LogP contribution < -0.4 is 5.73 Å². The Morgan fingerprint density at radius 3 is 2.86 bits per heavy atom. The van der Waals surface area contributed by atoms with Crippen molar-refractivity contribution >= 4 is 16.5 Å². The van der Waals surface area contributed by atoms with Crippen molar-refractivity contribution < 1.29 is 9.47 Å². The van der Waals surface area contributed by atoms with Gasteiger partial charge in [0.25, 0.3) is 0 Å². The fraction of sp³-hybridized carbons (Fsp3) is 0.667. The molecule has 0 atom stereocenters. The van der Waals surface area contributed by atoms with E-state index < -0.39 is 0 Å². The van der Waals surface area contributed by atoms with Gasteiger partial charge in [0.2, 0.25) is 0 Å². The number of aromatic nitrogens is 1. The quantitative estimate of drug-likeness (QED) is 0.735. The zero-order valence-corrected chi connectivity index (χ0v) is 9.34. The highest BCUT2D eigenvalue weighted by atomic mass is 32.1. The lowest BCUT2D eigenvalue weighted by Crippen LogP contribution is -2.09. The van der Waals surface area contributed by atoms with Crippen LogP contribution in [0.4, 0.5) is 5.13 Å². The first-order valence-electron chi connectivity index (χ1n) is 4.58. The second kappa shape index (κ2) is 5.95. The molecule has 0 fully saturated rings. The summed E-state index contributed by atoms with van der Waals surface area (Å²) < 4.78 is 10.7. The van der Waals surface area contributed by atoms with Crippen LogP contribution in [0, 0.1) is 0 Å². The van der Waals surface area contributed by atoms with Crippen LogP contribution in [0.3, 0.4) is 0 Å². The standard InChI is InChI=1S/C9H16N2O2S/c1-7(2)13-4-3-12-6-8-5-11-9(10)14-8/h5,7H,3-4,6H2,1-2H3,(H2,10,11). The Bertz CT molecular complexity index is 263. The molecule has 4 nitrogen and oxygen atoms in total. The molecular weight excluding hydrogens is 200 g/mol. The zero-order valence-electron chi connectivity index (χ0n) is 8.53. The molecule has 0 bridgehead atoms. The van der Waals surface area contributed by atoms with E-state index in [1.807, 2.05) is 13.8 Å². The van der Waals surface area contributed by atoms with E-state index in [2.05, 4.69) is 4.98 Å². The lowest BCUT2D eigenvalue weighted by Gasteiger charge is -2.06. The van der Waals surface area contributed by atoms with Gasteiger partial charge in [0.15, 0.2) is 5.13 Å². The van der Waals surface area contributed by atoms with Gasteiger partial charge in [-0.25, -0.2) is 4.98 Å². The number of ether oxygens (including phenoxy) is 2. The summed E-state index contributed by atoms with van der Waals surface area (Å²) in [6.45, 7) is 5.81. The Morgan fingerprint density at radius 1 is 1.50 bits per heavy atom. The molecule has 0 radical (unpaired) electrons. The summed E-state index contributed by atoms with van der Waals surface area (Å²) in [5.74, 6) is 0. The van der Waals surface area contributed by atoms with Crippen molar-refractivity contribution in [2.45, 2.75) is 26.6 Å². The summed E-state index contributed by atoms with van der Waals surface area (Å²) in [5.41, 5.74) is 5.48. The number of nitrogens with two attached hydrogens (primary N) is 1. The molecule has 0 saturated carbocycles. The Kier molecular flexibility index (Phi) is 4.86. The molecule has 0 aliphatic heterocycles. The molecule has 1 rings (SSSR count). The Labute approximate surface area is 88.0 Å². The van der Waals surface area contributed by atoms with Crippen LogP contribution in [-0.2, 0) is 16.1 Å². The van der Waals surface area contributed by atoms with Gasteiger partial charge in [0.1, 0.15) is 0 Å². The number of rotatable bonds is 6. The van der Waals surface area contributed by atoms with E-state index in [1.165, 1.54) is 11.3 Å². The average molecular weight is 216 g/mol. The largest absolute Gasteiger partial charge is 0.376 e. The molecule has 5 heteroatoms. The molecule has 0 saturated heterocycles. The first-order valence-corrected chi connectivity index (χ1v) is 5.39. The third kappa shape index (κ3) is 4.55. The number of hydrogen-bond donors (Lipinski definition) is 1. The maximum Gasteiger partial charge on any atom is 0.180 e. The first kappa shape index (κ1) is 11.4. The van der Waals surface area contributed by atoms with Gasteiger partial charge in [0, 0.05) is 6.20 Å². The van der Waals surface area contributed by atoms with Gasteiger partial charge in [0.05, 0.1) is 30.8 Å². The minimum atomic E-state index is 0.262. The summed E-state index contributed by atoms with van der Waals surface area (Å²) in [6, 6.07) is 0. The molecule has 0 amide bonds. The monoisotopic (exact) mass is 216 g/mol. The average Bonchev–Trinajstić information content (AvgIpc) is 2.50. The van der Waals surface area contributed by atoms with Crippen molar-refractivity contribution in [2.75, 3.05) is 18.9 Å². The van der Waals surface area contributed by atoms with Crippen molar-refractivity contribution in [3.63, 3.8) is 0 Å². The molecule has 14 heavy (non-hydrogen) atoms. The van der Waals surface area contributed by atoms with Crippen molar-refractivity contribution in [3.05, 3.63) is 11.1 Å². The molecule has 0 aromatic carbocycles. The fourth-order valence-corrected chi connectivity index (χ4v) is 1.53. The summed E-state index contributed by atoms with van der Waals surface area (Å²) >= 11 is 1.45. The second-order valence-corrected chi connectivity index (χ2v) is 4.28. The van der Waals surface area contributed by atoms with Crippen molar-refractivity contribution in [3.8, 4) is 0 Å². The normalized spacial score (nSPS) is 11.1. The van der Waals surface area contributed by atoms with E-state index in [0.29, 0.717) is 25.0 Å². The highest BCUT2D eigenvalue weighted by molar-refractivity contribution is 7.15. The summed E-state index contributed by atoms with van der Waals surface area (Å²) in [7, 11) is 0. The third-order valence-electron chi connectivity index (χ3n) is 1.49. The highest BCUT2D eigenvalue weighted by Crippen LogP contribution is 2.14. The summed E-state index contributed by atoms with van der Waals surface area (Å²) in [6.07, 6.45) is 2.00. The molecule has 0 aliphatic rings. The van der Waals surface area contributed by atoms with E-state index in [1.54, 1.807) is 6.20 Å². The minimum Gasteiger partial charge on any atom is -0.376 e. The van der Waals surface area contributed by atoms with E-state index in [4.69, 9.17) is 15.2 Å². The molecular formula is C9H16N2O2S. The van der Waals surface area contributed by atoms with E-state index in [0.717, 1.165) is 4.88 Å². The van der Waals surface area contributed by atoms with Crippen LogP contribution in [0.25, 0.3) is 0 Å². The van der Waals surface area contributed by atoms with Crippen LogP contribution >= 0.6 is 11.3 Å². The smallest absolute Gasteiger partial charge is 0.180 e. The lowest BCUT2D eigenvalue weighted by molar-refractivity contribution is 0.0149. The van der Waals surface area contributed by atoms with Gasteiger partial charge in [-0.1, -0.05) is 11.3 Å². The fourth-order valence-electron chi connectivity index (χ4n) is 0.905. The Morgan fingerprint density at radius 2 is 2.29 bits per heavy atom. The molecule has 0 spiro atoms. The number of nitrogens with zero attached hydrogens (tertiary/aromatic N) is 1. The third-order valence-corrected chi connectivity index (χ3v) is 2.29. The van der Waals surface area contributed by atoms with Crippen molar-refractivity contribution in [1.82, 2.24) is 4.98 Å². The number of anilines is 1. The molecule has 1 heterocycles. The SMILES string of the molecule is CC(C)OCCOCc1cnc(N)s1. The molecule has 2 N–H and O–H groups in total. The number of nitrogen functional groups attached to an aromatic ring is 1. The Hall–Kier alpha value is -0.650. The van der Waals surface area contributed by atoms with E-state index in [-0.39, 0.29) is 6.10 Å². The highest BCUT2D eigenvalue weighted by Gasteiger charge is 1.98. The maximum absolute atomic E-state index is 5.48. The number of hydrogen-bond acceptors (Lipinski definition) is 5.